The molecular weight excluding hydrogens is 406 g/mol. The molecule has 1 heterocycles. The van der Waals surface area contributed by atoms with Gasteiger partial charge in [-0.15, -0.1) is 0 Å². The van der Waals surface area contributed by atoms with Crippen molar-refractivity contribution in [3.05, 3.63) is 57.9 Å². The predicted octanol–water partition coefficient (Wildman–Crippen LogP) is 4.81. The number of methoxy groups -OCH3 is 1. The lowest BCUT2D eigenvalue weighted by Crippen LogP contribution is -2.38. The molecule has 2 aliphatic rings. The molecule has 172 valence electrons. The Bertz CT molecular complexity index is 968. The summed E-state index contributed by atoms with van der Waals surface area (Å²) in [4.78, 5) is 38.3. The van der Waals surface area contributed by atoms with Crippen LogP contribution in [-0.2, 0) is 19.1 Å². The Labute approximate surface area is 190 Å². The highest BCUT2D eigenvalue weighted by Crippen LogP contribution is 2.46. The molecular formula is C26H33NO5. The van der Waals surface area contributed by atoms with E-state index >= 15 is 0 Å². The molecule has 0 bridgehead atoms. The van der Waals surface area contributed by atoms with Gasteiger partial charge in [-0.2, -0.15) is 0 Å². The Hall–Kier alpha value is -2.89. The maximum atomic E-state index is 13.3. The summed E-state index contributed by atoms with van der Waals surface area (Å²) in [5.41, 5.74) is 3.70. The van der Waals surface area contributed by atoms with Gasteiger partial charge in [0, 0.05) is 29.3 Å². The van der Waals surface area contributed by atoms with E-state index < -0.39 is 17.9 Å². The van der Waals surface area contributed by atoms with Gasteiger partial charge in [0.05, 0.1) is 24.9 Å². The van der Waals surface area contributed by atoms with E-state index in [0.29, 0.717) is 35.4 Å². The first-order chi connectivity index (χ1) is 15.2. The number of carbonyl (C=O) groups is 3. The normalized spacial score (nSPS) is 19.9. The number of Topliss-reactive ketones (excluding diaryl/α,β-unsaturated/α-hetero) is 1. The van der Waals surface area contributed by atoms with Gasteiger partial charge in [-0.1, -0.05) is 45.7 Å². The van der Waals surface area contributed by atoms with Crippen molar-refractivity contribution < 1.29 is 23.9 Å². The number of carbonyl (C=O) groups excluding carboxylic acids is 3. The molecule has 6 nitrogen and oxygen atoms in total. The van der Waals surface area contributed by atoms with E-state index in [-0.39, 0.29) is 11.2 Å². The van der Waals surface area contributed by atoms with Crippen molar-refractivity contribution in [2.75, 3.05) is 13.7 Å². The minimum atomic E-state index is -0.528. The third-order valence-electron chi connectivity index (χ3n) is 6.11. The van der Waals surface area contributed by atoms with E-state index in [9.17, 15) is 14.4 Å². The first-order valence-electron chi connectivity index (χ1n) is 11.3. The molecule has 3 rings (SSSR count). The second-order valence-electron chi connectivity index (χ2n) is 9.39. The van der Waals surface area contributed by atoms with E-state index in [4.69, 9.17) is 9.47 Å². The summed E-state index contributed by atoms with van der Waals surface area (Å²) in [6, 6.07) is 6.91. The predicted molar refractivity (Wildman–Crippen MR) is 122 cm³/mol. The first-order valence-corrected chi connectivity index (χ1v) is 11.3. The molecule has 6 heteroatoms. The van der Waals surface area contributed by atoms with Crippen LogP contribution in [0.5, 0.6) is 0 Å². The van der Waals surface area contributed by atoms with Crippen LogP contribution in [0.1, 0.15) is 81.6 Å². The van der Waals surface area contributed by atoms with Gasteiger partial charge in [-0.25, -0.2) is 9.59 Å². The Balaban J connectivity index is 2.03. The SMILES string of the molecule is CCCCCOC(=O)C1=C(C)NC2=C(C(=O)CC(C)(C)C2)[C@@H]1c1ccc(C(=O)OC)cc1. The number of unbranched alkanes of at least 4 members (excludes halogenated alkanes) is 2. The summed E-state index contributed by atoms with van der Waals surface area (Å²) in [5, 5.41) is 3.34. The molecule has 1 aliphatic heterocycles. The van der Waals surface area contributed by atoms with E-state index in [1.165, 1.54) is 7.11 Å². The minimum Gasteiger partial charge on any atom is -0.465 e. The molecule has 1 aliphatic carbocycles. The Morgan fingerprint density at radius 3 is 2.41 bits per heavy atom. The topological polar surface area (TPSA) is 81.7 Å². The average Bonchev–Trinajstić information content (AvgIpc) is 2.74. The van der Waals surface area contributed by atoms with Crippen LogP contribution in [0.3, 0.4) is 0 Å². The van der Waals surface area contributed by atoms with Crippen LogP contribution in [0, 0.1) is 5.41 Å². The van der Waals surface area contributed by atoms with E-state index in [2.05, 4.69) is 26.1 Å². The fourth-order valence-electron chi connectivity index (χ4n) is 4.56. The molecule has 32 heavy (non-hydrogen) atoms. The van der Waals surface area contributed by atoms with Crippen LogP contribution in [0.4, 0.5) is 0 Å². The number of ether oxygens (including phenoxy) is 2. The zero-order valence-corrected chi connectivity index (χ0v) is 19.7. The van der Waals surface area contributed by atoms with Gasteiger partial charge in [0.15, 0.2) is 5.78 Å². The van der Waals surface area contributed by atoms with Crippen molar-refractivity contribution in [3.8, 4) is 0 Å². The van der Waals surface area contributed by atoms with Gasteiger partial charge in [-0.3, -0.25) is 4.79 Å². The molecule has 0 saturated heterocycles. The zero-order chi connectivity index (χ0) is 23.5. The van der Waals surface area contributed by atoms with E-state index in [1.54, 1.807) is 24.3 Å². The Morgan fingerprint density at radius 2 is 1.78 bits per heavy atom. The first kappa shape index (κ1) is 23.8. The van der Waals surface area contributed by atoms with Crippen LogP contribution in [0.25, 0.3) is 0 Å². The zero-order valence-electron chi connectivity index (χ0n) is 19.7. The van der Waals surface area contributed by atoms with Crippen LogP contribution < -0.4 is 5.32 Å². The average molecular weight is 440 g/mol. The van der Waals surface area contributed by atoms with E-state index in [0.717, 1.165) is 36.9 Å². The van der Waals surface area contributed by atoms with Crippen molar-refractivity contribution >= 4 is 17.7 Å². The van der Waals surface area contributed by atoms with Gasteiger partial charge in [0.2, 0.25) is 0 Å². The summed E-state index contributed by atoms with van der Waals surface area (Å²) in [6.07, 6.45) is 3.98. The molecule has 1 atom stereocenters. The lowest BCUT2D eigenvalue weighted by Gasteiger charge is -2.39. The smallest absolute Gasteiger partial charge is 0.337 e. The van der Waals surface area contributed by atoms with Crippen molar-refractivity contribution in [2.24, 2.45) is 5.41 Å². The number of esters is 2. The molecule has 1 N–H and O–H groups in total. The molecule has 0 unspecified atom stereocenters. The number of benzene rings is 1. The van der Waals surface area contributed by atoms with Crippen LogP contribution >= 0.6 is 0 Å². The third kappa shape index (κ3) is 4.95. The second kappa shape index (κ2) is 9.72. The Kier molecular flexibility index (Phi) is 7.22. The maximum Gasteiger partial charge on any atom is 0.337 e. The summed E-state index contributed by atoms with van der Waals surface area (Å²) >= 11 is 0. The molecule has 0 saturated carbocycles. The second-order valence-corrected chi connectivity index (χ2v) is 9.39. The number of dihydropyridines is 1. The molecule has 0 fully saturated rings. The highest BCUT2D eigenvalue weighted by molar-refractivity contribution is 6.04. The number of allylic oxidation sites excluding steroid dienone is 3. The van der Waals surface area contributed by atoms with Crippen molar-refractivity contribution in [2.45, 2.75) is 65.7 Å². The molecule has 0 amide bonds. The highest BCUT2D eigenvalue weighted by atomic mass is 16.5. The van der Waals surface area contributed by atoms with Crippen molar-refractivity contribution in [1.82, 2.24) is 5.32 Å². The fraction of sp³-hybridized carbons (Fsp3) is 0.500. The van der Waals surface area contributed by atoms with Crippen LogP contribution in [0.15, 0.2) is 46.8 Å². The molecule has 0 aromatic heterocycles. The fourth-order valence-corrected chi connectivity index (χ4v) is 4.56. The number of hydrogen-bond acceptors (Lipinski definition) is 6. The third-order valence-corrected chi connectivity index (χ3v) is 6.11. The number of hydrogen-bond donors (Lipinski definition) is 1. The lowest BCUT2D eigenvalue weighted by molar-refractivity contribution is -0.139. The standard InChI is InChI=1S/C26H33NO5/c1-6-7-8-13-32-25(30)21-16(2)27-19-14-26(3,4)15-20(28)23(19)22(21)17-9-11-18(12-10-17)24(29)31-5/h9-12,22,27H,6-8,13-15H2,1-5H3/t22-/m1/s1. The van der Waals surface area contributed by atoms with Gasteiger partial charge < -0.3 is 14.8 Å². The van der Waals surface area contributed by atoms with Crippen molar-refractivity contribution in [1.29, 1.82) is 0 Å². The summed E-state index contributed by atoms with van der Waals surface area (Å²) in [5.74, 6) is -1.33. The molecule has 0 spiro atoms. The quantitative estimate of drug-likeness (QED) is 0.485. The lowest BCUT2D eigenvalue weighted by atomic mass is 9.68. The highest BCUT2D eigenvalue weighted by Gasteiger charge is 2.43. The molecule has 1 aromatic carbocycles. The number of nitrogens with one attached hydrogen (secondary N) is 1. The minimum absolute atomic E-state index is 0.0366. The van der Waals surface area contributed by atoms with E-state index in [1.807, 2.05) is 6.92 Å². The van der Waals surface area contributed by atoms with Crippen molar-refractivity contribution in [3.63, 3.8) is 0 Å². The Morgan fingerprint density at radius 1 is 1.09 bits per heavy atom. The van der Waals surface area contributed by atoms with Gasteiger partial charge in [0.1, 0.15) is 0 Å². The summed E-state index contributed by atoms with van der Waals surface area (Å²) in [7, 11) is 1.33. The maximum absolute atomic E-state index is 13.3. The largest absolute Gasteiger partial charge is 0.465 e. The monoisotopic (exact) mass is 439 g/mol. The van der Waals surface area contributed by atoms with Gasteiger partial charge in [0.25, 0.3) is 0 Å². The van der Waals surface area contributed by atoms with Crippen LogP contribution in [0.2, 0.25) is 0 Å². The number of rotatable bonds is 7. The molecule has 1 aromatic rings. The molecule has 0 radical (unpaired) electrons. The van der Waals surface area contributed by atoms with Crippen LogP contribution in [-0.4, -0.2) is 31.4 Å². The number of ketones is 1. The van der Waals surface area contributed by atoms with Gasteiger partial charge >= 0.3 is 11.9 Å². The van der Waals surface area contributed by atoms with Gasteiger partial charge in [-0.05, 0) is 42.9 Å². The summed E-state index contributed by atoms with van der Waals surface area (Å²) in [6.45, 7) is 8.45. The summed E-state index contributed by atoms with van der Waals surface area (Å²) < 4.78 is 10.4.